The molecule has 2 N–H and O–H groups in total. The van der Waals surface area contributed by atoms with Crippen LogP contribution in [0.4, 0.5) is 0 Å². The third-order valence-electron chi connectivity index (χ3n) is 6.82. The molecular weight excluding hydrogens is 372 g/mol. The summed E-state index contributed by atoms with van der Waals surface area (Å²) in [6, 6.07) is 0.129. The molecule has 0 aliphatic carbocycles. The van der Waals surface area contributed by atoms with Crippen molar-refractivity contribution in [2.24, 2.45) is 0 Å². The zero-order valence-corrected chi connectivity index (χ0v) is 17.0. The van der Waals surface area contributed by atoms with E-state index in [0.717, 1.165) is 38.2 Å². The summed E-state index contributed by atoms with van der Waals surface area (Å²) in [6.07, 6.45) is 7.52. The van der Waals surface area contributed by atoms with Crippen LogP contribution < -0.4 is 10.9 Å². The van der Waals surface area contributed by atoms with Gasteiger partial charge in [-0.3, -0.25) is 15.0 Å². The SMILES string of the molecule is CC1CC(C(=O)N2CCC3(CC2)OC(C(=O)N2CCCC2)Cn2ccnc23)NN1. The summed E-state index contributed by atoms with van der Waals surface area (Å²) in [6.45, 7) is 5.46. The highest BCUT2D eigenvalue weighted by Crippen LogP contribution is 2.40. The molecule has 0 aromatic carbocycles. The number of piperidine rings is 1. The van der Waals surface area contributed by atoms with Crippen LogP contribution in [-0.2, 0) is 26.5 Å². The van der Waals surface area contributed by atoms with Crippen LogP contribution in [0.3, 0.4) is 0 Å². The average Bonchev–Trinajstić information content (AvgIpc) is 3.49. The van der Waals surface area contributed by atoms with Crippen molar-refractivity contribution in [3.63, 3.8) is 0 Å². The summed E-state index contributed by atoms with van der Waals surface area (Å²) in [5.41, 5.74) is 5.63. The van der Waals surface area contributed by atoms with Crippen LogP contribution in [0.2, 0.25) is 0 Å². The lowest BCUT2D eigenvalue weighted by atomic mass is 9.88. The molecule has 1 aromatic heterocycles. The molecule has 9 nitrogen and oxygen atoms in total. The van der Waals surface area contributed by atoms with Gasteiger partial charge in [-0.15, -0.1) is 0 Å². The van der Waals surface area contributed by atoms with E-state index < -0.39 is 11.7 Å². The van der Waals surface area contributed by atoms with E-state index in [1.54, 1.807) is 6.20 Å². The van der Waals surface area contributed by atoms with Crippen molar-refractivity contribution >= 4 is 11.8 Å². The number of carbonyl (C=O) groups excluding carboxylic acids is 2. The monoisotopic (exact) mass is 402 g/mol. The maximum absolute atomic E-state index is 13.0. The van der Waals surface area contributed by atoms with Gasteiger partial charge in [0.05, 0.1) is 6.54 Å². The zero-order chi connectivity index (χ0) is 20.0. The number of nitrogens with zero attached hydrogens (tertiary/aromatic N) is 4. The molecule has 4 aliphatic rings. The van der Waals surface area contributed by atoms with Gasteiger partial charge in [-0.05, 0) is 26.2 Å². The van der Waals surface area contributed by atoms with E-state index in [0.29, 0.717) is 38.5 Å². The predicted octanol–water partition coefficient (Wildman–Crippen LogP) is -0.0230. The van der Waals surface area contributed by atoms with Crippen LogP contribution in [0.25, 0.3) is 0 Å². The van der Waals surface area contributed by atoms with Gasteiger partial charge < -0.3 is 19.1 Å². The van der Waals surface area contributed by atoms with Gasteiger partial charge in [0.25, 0.3) is 5.91 Å². The normalized spacial score (nSPS) is 31.3. The molecule has 1 aromatic rings. The third kappa shape index (κ3) is 3.35. The Morgan fingerprint density at radius 1 is 1.10 bits per heavy atom. The van der Waals surface area contributed by atoms with Crippen LogP contribution in [-0.4, -0.2) is 75.5 Å². The second kappa shape index (κ2) is 7.37. The first-order valence-electron chi connectivity index (χ1n) is 10.8. The molecule has 29 heavy (non-hydrogen) atoms. The quantitative estimate of drug-likeness (QED) is 0.722. The Hall–Kier alpha value is -1.97. The van der Waals surface area contributed by atoms with Crippen molar-refractivity contribution < 1.29 is 14.3 Å². The second-order valence-electron chi connectivity index (χ2n) is 8.84. The molecular formula is C20H30N6O3. The van der Waals surface area contributed by atoms with Crippen LogP contribution in [0.5, 0.6) is 0 Å². The number of aromatic nitrogens is 2. The summed E-state index contributed by atoms with van der Waals surface area (Å²) in [5.74, 6) is 1.12. The van der Waals surface area contributed by atoms with Crippen LogP contribution in [0.1, 0.15) is 44.9 Å². The van der Waals surface area contributed by atoms with Crippen molar-refractivity contribution in [3.05, 3.63) is 18.2 Å². The number of nitrogens with one attached hydrogen (secondary N) is 2. The van der Waals surface area contributed by atoms with E-state index in [1.165, 1.54) is 0 Å². The van der Waals surface area contributed by atoms with E-state index in [1.807, 2.05) is 16.0 Å². The number of ether oxygens (including phenoxy) is 1. The van der Waals surface area contributed by atoms with E-state index in [2.05, 4.69) is 27.3 Å². The molecule has 5 rings (SSSR count). The zero-order valence-electron chi connectivity index (χ0n) is 17.0. The van der Waals surface area contributed by atoms with Gasteiger partial charge >= 0.3 is 0 Å². The maximum atomic E-state index is 13.0. The Bertz CT molecular complexity index is 781. The minimum atomic E-state index is -0.590. The highest BCUT2D eigenvalue weighted by atomic mass is 16.5. The first-order valence-corrected chi connectivity index (χ1v) is 10.8. The van der Waals surface area contributed by atoms with Crippen LogP contribution in [0.15, 0.2) is 12.4 Å². The molecule has 9 heteroatoms. The largest absolute Gasteiger partial charge is 0.352 e. The van der Waals surface area contributed by atoms with E-state index >= 15 is 0 Å². The summed E-state index contributed by atoms with van der Waals surface area (Å²) in [7, 11) is 0. The number of amides is 2. The maximum Gasteiger partial charge on any atom is 0.253 e. The Balaban J connectivity index is 1.31. The van der Waals surface area contributed by atoms with Gasteiger partial charge in [0.1, 0.15) is 17.5 Å². The van der Waals surface area contributed by atoms with Crippen molar-refractivity contribution in [2.75, 3.05) is 26.2 Å². The molecule has 2 amide bonds. The lowest BCUT2D eigenvalue weighted by molar-refractivity contribution is -0.182. The molecule has 3 atom stereocenters. The van der Waals surface area contributed by atoms with Crippen LogP contribution in [0, 0.1) is 0 Å². The van der Waals surface area contributed by atoms with Gasteiger partial charge in [0.15, 0.2) is 6.10 Å². The minimum Gasteiger partial charge on any atom is -0.352 e. The highest BCUT2D eigenvalue weighted by Gasteiger charge is 2.49. The lowest BCUT2D eigenvalue weighted by Crippen LogP contribution is -2.56. The van der Waals surface area contributed by atoms with Crippen molar-refractivity contribution in [1.82, 2.24) is 30.2 Å². The summed E-state index contributed by atoms with van der Waals surface area (Å²) in [5, 5.41) is 0. The molecule has 5 heterocycles. The Morgan fingerprint density at radius 2 is 1.83 bits per heavy atom. The number of carbonyl (C=O) groups is 2. The number of hydrazine groups is 1. The second-order valence-corrected chi connectivity index (χ2v) is 8.84. The molecule has 4 aliphatic heterocycles. The van der Waals surface area contributed by atoms with Gasteiger partial charge in [-0.1, -0.05) is 0 Å². The van der Waals surface area contributed by atoms with Gasteiger partial charge in [0.2, 0.25) is 5.91 Å². The lowest BCUT2D eigenvalue weighted by Gasteiger charge is -2.46. The topological polar surface area (TPSA) is 91.7 Å². The molecule has 1 spiro atoms. The third-order valence-corrected chi connectivity index (χ3v) is 6.82. The van der Waals surface area contributed by atoms with Crippen molar-refractivity contribution in [3.8, 4) is 0 Å². The molecule has 158 valence electrons. The highest BCUT2D eigenvalue weighted by molar-refractivity contribution is 5.82. The number of hydrogen-bond donors (Lipinski definition) is 2. The molecule has 0 bridgehead atoms. The first kappa shape index (κ1) is 19.0. The van der Waals surface area contributed by atoms with E-state index in [4.69, 9.17) is 4.74 Å². The molecule has 3 unspecified atom stereocenters. The number of likely N-dealkylation sites (tertiary alicyclic amines) is 2. The Kier molecular flexibility index (Phi) is 4.84. The van der Waals surface area contributed by atoms with Crippen molar-refractivity contribution in [1.29, 1.82) is 0 Å². The number of fused-ring (bicyclic) bond motifs is 2. The fourth-order valence-electron chi connectivity index (χ4n) is 5.19. The summed E-state index contributed by atoms with van der Waals surface area (Å²) in [4.78, 5) is 34.3. The fourth-order valence-corrected chi connectivity index (χ4v) is 5.19. The first-order chi connectivity index (χ1) is 14.1. The number of hydrogen-bond acceptors (Lipinski definition) is 6. The number of rotatable bonds is 2. The molecule has 3 saturated heterocycles. The van der Waals surface area contributed by atoms with Crippen molar-refractivity contribution in [2.45, 2.75) is 69.4 Å². The Morgan fingerprint density at radius 3 is 2.52 bits per heavy atom. The van der Waals surface area contributed by atoms with Crippen LogP contribution >= 0.6 is 0 Å². The predicted molar refractivity (Wildman–Crippen MR) is 105 cm³/mol. The minimum absolute atomic E-state index is 0.0925. The number of imidazole rings is 1. The Labute approximate surface area is 170 Å². The standard InChI is InChI=1S/C20H30N6O3/c1-14-12-15(23-22-14)17(27)25-9-4-20(5-10-25)19-21-6-11-26(19)13-16(29-20)18(28)24-7-2-3-8-24/h6,11,14-16,22-23H,2-5,7-10,12-13H2,1H3. The average molecular weight is 402 g/mol. The summed E-state index contributed by atoms with van der Waals surface area (Å²) < 4.78 is 8.58. The molecule has 0 saturated carbocycles. The molecule has 0 radical (unpaired) electrons. The van der Waals surface area contributed by atoms with E-state index in [-0.39, 0.29) is 17.9 Å². The fraction of sp³-hybridized carbons (Fsp3) is 0.750. The van der Waals surface area contributed by atoms with Gasteiger partial charge in [-0.25, -0.2) is 10.4 Å². The van der Waals surface area contributed by atoms with Gasteiger partial charge in [-0.2, -0.15) is 0 Å². The smallest absolute Gasteiger partial charge is 0.253 e. The van der Waals surface area contributed by atoms with E-state index in [9.17, 15) is 9.59 Å². The molecule has 3 fully saturated rings. The van der Waals surface area contributed by atoms with Gasteiger partial charge in [0, 0.05) is 57.5 Å². The summed E-state index contributed by atoms with van der Waals surface area (Å²) >= 11 is 0.